The molecule has 4 unspecified atom stereocenters. The summed E-state index contributed by atoms with van der Waals surface area (Å²) >= 11 is 6.46. The summed E-state index contributed by atoms with van der Waals surface area (Å²) in [5, 5.41) is 0.167. The number of esters is 1. The minimum Gasteiger partial charge on any atom is -0.465 e. The van der Waals surface area contributed by atoms with Crippen LogP contribution in [-0.4, -0.2) is 35.5 Å². The Morgan fingerprint density at radius 3 is 2.65 bits per heavy atom. The largest absolute Gasteiger partial charge is 0.465 e. The fraction of sp³-hybridized carbons (Fsp3) is 0.417. The molecule has 1 fully saturated rings. The van der Waals surface area contributed by atoms with Gasteiger partial charge in [0.05, 0.1) is 12.6 Å². The van der Waals surface area contributed by atoms with Crippen molar-refractivity contribution in [2.24, 2.45) is 5.73 Å². The maximum atomic E-state index is 13.8. The SMILES string of the molecule is CCOC(=O)C1c2ccccc2C(=O)N(C2CCCCC2N)C1c1ccc(F)cc1Cl. The van der Waals surface area contributed by atoms with Crippen LogP contribution in [0.5, 0.6) is 0 Å². The van der Waals surface area contributed by atoms with E-state index in [0.717, 1.165) is 25.7 Å². The van der Waals surface area contributed by atoms with Crippen LogP contribution in [0.25, 0.3) is 0 Å². The molecule has 0 aromatic heterocycles. The molecular weight excluding hydrogens is 419 g/mol. The molecule has 2 N–H and O–H groups in total. The van der Waals surface area contributed by atoms with Crippen LogP contribution in [0, 0.1) is 5.82 Å². The van der Waals surface area contributed by atoms with Gasteiger partial charge in [0.15, 0.2) is 0 Å². The minimum absolute atomic E-state index is 0.167. The third-order valence-corrected chi connectivity index (χ3v) is 6.66. The average molecular weight is 445 g/mol. The van der Waals surface area contributed by atoms with Gasteiger partial charge in [-0.3, -0.25) is 9.59 Å². The van der Waals surface area contributed by atoms with E-state index >= 15 is 0 Å². The van der Waals surface area contributed by atoms with E-state index in [0.29, 0.717) is 16.7 Å². The first kappa shape index (κ1) is 21.8. The zero-order valence-corrected chi connectivity index (χ0v) is 18.1. The Kier molecular flexibility index (Phi) is 6.30. The van der Waals surface area contributed by atoms with Gasteiger partial charge in [0, 0.05) is 22.7 Å². The number of carbonyl (C=O) groups is 2. The quantitative estimate of drug-likeness (QED) is 0.700. The third kappa shape index (κ3) is 3.94. The third-order valence-electron chi connectivity index (χ3n) is 6.34. The van der Waals surface area contributed by atoms with Gasteiger partial charge in [0.2, 0.25) is 0 Å². The van der Waals surface area contributed by atoms with E-state index < -0.39 is 23.7 Å². The molecule has 2 aromatic carbocycles. The number of amides is 1. The fourth-order valence-corrected chi connectivity index (χ4v) is 5.24. The summed E-state index contributed by atoms with van der Waals surface area (Å²) in [5.41, 5.74) is 8.05. The number of ether oxygens (including phenoxy) is 1. The first-order valence-electron chi connectivity index (χ1n) is 10.7. The van der Waals surface area contributed by atoms with Crippen molar-refractivity contribution < 1.29 is 18.7 Å². The normalized spacial score (nSPS) is 25.8. The van der Waals surface area contributed by atoms with Gasteiger partial charge < -0.3 is 15.4 Å². The van der Waals surface area contributed by atoms with Gasteiger partial charge in [-0.2, -0.15) is 0 Å². The predicted octanol–water partition coefficient (Wildman–Crippen LogP) is 4.59. The van der Waals surface area contributed by atoms with Crippen LogP contribution in [0.3, 0.4) is 0 Å². The van der Waals surface area contributed by atoms with Gasteiger partial charge >= 0.3 is 5.97 Å². The van der Waals surface area contributed by atoms with Crippen LogP contribution in [0.2, 0.25) is 5.02 Å². The molecule has 31 heavy (non-hydrogen) atoms. The molecule has 5 nitrogen and oxygen atoms in total. The molecule has 4 atom stereocenters. The lowest BCUT2D eigenvalue weighted by Gasteiger charge is -2.48. The van der Waals surface area contributed by atoms with Gasteiger partial charge in [0.25, 0.3) is 5.91 Å². The van der Waals surface area contributed by atoms with Crippen LogP contribution in [-0.2, 0) is 9.53 Å². The number of halogens is 2. The Bertz CT molecular complexity index is 999. The molecule has 2 aromatic rings. The number of nitrogens with two attached hydrogens (primary N) is 1. The van der Waals surface area contributed by atoms with E-state index in [1.807, 2.05) is 0 Å². The zero-order chi connectivity index (χ0) is 22.1. The van der Waals surface area contributed by atoms with Crippen LogP contribution in [0.15, 0.2) is 42.5 Å². The fourth-order valence-electron chi connectivity index (χ4n) is 4.96. The second-order valence-corrected chi connectivity index (χ2v) is 8.56. The molecular formula is C24H26ClFN2O3. The molecule has 1 heterocycles. The molecule has 0 bridgehead atoms. The number of benzene rings is 2. The van der Waals surface area contributed by atoms with Gasteiger partial charge in [-0.25, -0.2) is 4.39 Å². The molecule has 1 amide bonds. The first-order chi connectivity index (χ1) is 14.9. The van der Waals surface area contributed by atoms with Crippen molar-refractivity contribution in [1.29, 1.82) is 0 Å². The first-order valence-corrected chi connectivity index (χ1v) is 11.1. The highest BCUT2D eigenvalue weighted by molar-refractivity contribution is 6.31. The second-order valence-electron chi connectivity index (χ2n) is 8.16. The highest BCUT2D eigenvalue weighted by Crippen LogP contribution is 2.47. The molecule has 164 valence electrons. The maximum Gasteiger partial charge on any atom is 0.315 e. The lowest BCUT2D eigenvalue weighted by Crippen LogP contribution is -2.57. The number of carbonyl (C=O) groups excluding carboxylic acids is 2. The number of nitrogens with zero attached hydrogens (tertiary/aromatic N) is 1. The van der Waals surface area contributed by atoms with E-state index in [-0.39, 0.29) is 29.6 Å². The van der Waals surface area contributed by atoms with Gasteiger partial charge in [-0.1, -0.05) is 48.7 Å². The molecule has 4 rings (SSSR count). The molecule has 1 aliphatic heterocycles. The smallest absolute Gasteiger partial charge is 0.315 e. The Hall–Kier alpha value is -2.44. The van der Waals surface area contributed by atoms with E-state index in [4.69, 9.17) is 22.1 Å². The van der Waals surface area contributed by atoms with Gasteiger partial charge in [-0.15, -0.1) is 0 Å². The van der Waals surface area contributed by atoms with Crippen LogP contribution < -0.4 is 5.73 Å². The molecule has 0 saturated heterocycles. The highest BCUT2D eigenvalue weighted by Gasteiger charge is 2.49. The van der Waals surface area contributed by atoms with Crippen molar-refractivity contribution in [2.75, 3.05) is 6.61 Å². The van der Waals surface area contributed by atoms with Crippen LogP contribution >= 0.6 is 11.6 Å². The summed E-state index contributed by atoms with van der Waals surface area (Å²) in [5.74, 6) is -1.90. The van der Waals surface area contributed by atoms with Crippen molar-refractivity contribution >= 4 is 23.5 Å². The lowest BCUT2D eigenvalue weighted by molar-refractivity contribution is -0.147. The van der Waals surface area contributed by atoms with Crippen LogP contribution in [0.4, 0.5) is 4.39 Å². The van der Waals surface area contributed by atoms with Crippen molar-refractivity contribution in [3.8, 4) is 0 Å². The summed E-state index contributed by atoms with van der Waals surface area (Å²) in [6, 6.07) is 9.94. The van der Waals surface area contributed by atoms with Gasteiger partial charge in [-0.05, 0) is 49.1 Å². The average Bonchev–Trinajstić information content (AvgIpc) is 2.75. The standard InChI is InChI=1S/C24H26ClFN2O3/c1-2-31-24(30)21-15-7-3-4-8-16(15)23(29)28(20-10-6-5-9-19(20)27)22(21)17-12-11-14(26)13-18(17)25/h3-4,7-8,11-13,19-22H,2,5-6,9-10,27H2,1H3. The molecule has 2 aliphatic rings. The monoisotopic (exact) mass is 444 g/mol. The molecule has 0 spiro atoms. The van der Waals surface area contributed by atoms with Crippen molar-refractivity contribution in [1.82, 2.24) is 4.90 Å². The lowest BCUT2D eigenvalue weighted by atomic mass is 9.77. The Labute approximate surface area is 186 Å². The van der Waals surface area contributed by atoms with Crippen molar-refractivity contribution in [2.45, 2.75) is 56.7 Å². The van der Waals surface area contributed by atoms with Crippen LogP contribution in [0.1, 0.15) is 66.1 Å². The van der Waals surface area contributed by atoms with E-state index in [2.05, 4.69) is 0 Å². The Balaban J connectivity index is 1.94. The molecule has 1 aliphatic carbocycles. The number of hydrogen-bond acceptors (Lipinski definition) is 4. The Morgan fingerprint density at radius 2 is 1.94 bits per heavy atom. The summed E-state index contributed by atoms with van der Waals surface area (Å²) in [6.45, 7) is 1.95. The van der Waals surface area contributed by atoms with Crippen molar-refractivity contribution in [3.63, 3.8) is 0 Å². The number of rotatable bonds is 4. The van der Waals surface area contributed by atoms with Gasteiger partial charge in [0.1, 0.15) is 11.7 Å². The van der Waals surface area contributed by atoms with E-state index in [1.165, 1.54) is 12.1 Å². The summed E-state index contributed by atoms with van der Waals surface area (Å²) < 4.78 is 19.3. The Morgan fingerprint density at radius 1 is 1.19 bits per heavy atom. The maximum absolute atomic E-state index is 13.8. The molecule has 1 saturated carbocycles. The second kappa shape index (κ2) is 8.97. The number of hydrogen-bond donors (Lipinski definition) is 1. The highest BCUT2D eigenvalue weighted by atomic mass is 35.5. The van der Waals surface area contributed by atoms with E-state index in [1.54, 1.807) is 42.2 Å². The predicted molar refractivity (Wildman–Crippen MR) is 116 cm³/mol. The molecule has 0 radical (unpaired) electrons. The summed E-state index contributed by atoms with van der Waals surface area (Å²) in [7, 11) is 0. The van der Waals surface area contributed by atoms with E-state index in [9.17, 15) is 14.0 Å². The topological polar surface area (TPSA) is 72.6 Å². The van der Waals surface area contributed by atoms with Crippen molar-refractivity contribution in [3.05, 3.63) is 70.0 Å². The number of fused-ring (bicyclic) bond motifs is 1. The molecule has 7 heteroatoms. The minimum atomic E-state index is -0.786. The summed E-state index contributed by atoms with van der Waals surface area (Å²) in [4.78, 5) is 28.7. The summed E-state index contributed by atoms with van der Waals surface area (Å²) in [6.07, 6.45) is 3.47. The zero-order valence-electron chi connectivity index (χ0n) is 17.4.